The highest BCUT2D eigenvalue weighted by Crippen LogP contribution is 2.31. The van der Waals surface area contributed by atoms with Gasteiger partial charge in [-0.2, -0.15) is 0 Å². The highest BCUT2D eigenvalue weighted by atomic mass is 16.5. The predicted molar refractivity (Wildman–Crippen MR) is 121 cm³/mol. The molecule has 0 aliphatic heterocycles. The van der Waals surface area contributed by atoms with Gasteiger partial charge in [0.1, 0.15) is 0 Å². The average molecular weight is 411 g/mol. The second-order valence-corrected chi connectivity index (χ2v) is 7.96. The fourth-order valence-electron chi connectivity index (χ4n) is 3.42. The van der Waals surface area contributed by atoms with Crippen molar-refractivity contribution < 1.29 is 19.1 Å². The van der Waals surface area contributed by atoms with Crippen molar-refractivity contribution in [3.05, 3.63) is 83.9 Å². The van der Waals surface area contributed by atoms with Crippen LogP contribution < -0.4 is 0 Å². The molecule has 0 bridgehead atoms. The number of carbonyl (C=O) groups excluding carboxylic acids is 2. The van der Waals surface area contributed by atoms with Crippen LogP contribution in [0.3, 0.4) is 0 Å². The van der Waals surface area contributed by atoms with Gasteiger partial charge in [0.15, 0.2) is 0 Å². The molecule has 2 atom stereocenters. The van der Waals surface area contributed by atoms with Crippen molar-refractivity contribution in [3.8, 4) is 0 Å². The van der Waals surface area contributed by atoms with Crippen LogP contribution in [0, 0.1) is 11.3 Å². The maximum absolute atomic E-state index is 11.9. The van der Waals surface area contributed by atoms with E-state index in [9.17, 15) is 9.59 Å². The third-order valence-electron chi connectivity index (χ3n) is 4.80. The Bertz CT molecular complexity index is 798. The number of allylic oxidation sites excluding steroid dienone is 1. The first-order valence-corrected chi connectivity index (χ1v) is 10.1. The molecule has 0 fully saturated rings. The number of rotatable bonds is 8. The van der Waals surface area contributed by atoms with Crippen molar-refractivity contribution in [2.45, 2.75) is 40.0 Å². The number of carbonyl (C=O) groups is 2. The molecule has 0 aliphatic carbocycles. The topological polar surface area (TPSA) is 52.6 Å². The SMILES string of the molecule is C=C(C)CC(C)(Cc1ccccc1)C(=O)OC.COC(=O)C(C)Cc1ccccc1. The smallest absolute Gasteiger partial charge is 0.312 e. The molecule has 2 aromatic carbocycles. The zero-order valence-corrected chi connectivity index (χ0v) is 18.8. The molecule has 0 N–H and O–H groups in total. The second kappa shape index (κ2) is 12.6. The molecule has 30 heavy (non-hydrogen) atoms. The van der Waals surface area contributed by atoms with Crippen LogP contribution in [0.1, 0.15) is 38.3 Å². The maximum atomic E-state index is 11.9. The third kappa shape index (κ3) is 8.64. The van der Waals surface area contributed by atoms with Gasteiger partial charge in [0, 0.05) is 0 Å². The molecule has 0 radical (unpaired) electrons. The van der Waals surface area contributed by atoms with Crippen molar-refractivity contribution >= 4 is 11.9 Å². The Morgan fingerprint density at radius 1 is 0.933 bits per heavy atom. The van der Waals surface area contributed by atoms with Gasteiger partial charge < -0.3 is 9.47 Å². The van der Waals surface area contributed by atoms with E-state index in [1.165, 1.54) is 19.8 Å². The van der Waals surface area contributed by atoms with Gasteiger partial charge in [0.05, 0.1) is 25.6 Å². The minimum Gasteiger partial charge on any atom is -0.469 e. The van der Waals surface area contributed by atoms with Gasteiger partial charge in [0.25, 0.3) is 0 Å². The Kier molecular flexibility index (Phi) is 10.6. The van der Waals surface area contributed by atoms with E-state index in [0.29, 0.717) is 12.8 Å². The molecular weight excluding hydrogens is 376 g/mol. The number of methoxy groups -OCH3 is 2. The molecule has 0 amide bonds. The highest BCUT2D eigenvalue weighted by molar-refractivity contribution is 5.77. The molecule has 0 saturated heterocycles. The van der Waals surface area contributed by atoms with Crippen molar-refractivity contribution in [1.29, 1.82) is 0 Å². The number of ether oxygens (including phenoxy) is 2. The molecule has 0 aromatic heterocycles. The van der Waals surface area contributed by atoms with Crippen molar-refractivity contribution in [2.75, 3.05) is 14.2 Å². The number of benzene rings is 2. The number of esters is 2. The molecule has 0 heterocycles. The standard InChI is InChI=1S/C15H20O2.C11H14O2/c1-12(2)10-15(3,14(16)17-4)11-13-8-6-5-7-9-13;1-9(11(12)13-2)8-10-6-4-3-5-7-10/h5-9H,1,10-11H2,2-4H3;3-7,9H,8H2,1-2H3. The van der Waals surface area contributed by atoms with Crippen molar-refractivity contribution in [2.24, 2.45) is 11.3 Å². The summed E-state index contributed by atoms with van der Waals surface area (Å²) in [6.07, 6.45) is 2.06. The molecular formula is C26H34O4. The summed E-state index contributed by atoms with van der Waals surface area (Å²) in [6, 6.07) is 19.9. The first-order chi connectivity index (χ1) is 14.2. The Hall–Kier alpha value is -2.88. The lowest BCUT2D eigenvalue weighted by Gasteiger charge is -2.27. The summed E-state index contributed by atoms with van der Waals surface area (Å²) < 4.78 is 9.55. The van der Waals surface area contributed by atoms with Crippen molar-refractivity contribution in [3.63, 3.8) is 0 Å². The zero-order chi connectivity index (χ0) is 22.6. The first kappa shape index (κ1) is 25.2. The molecule has 4 nitrogen and oxygen atoms in total. The Morgan fingerprint density at radius 2 is 1.43 bits per heavy atom. The average Bonchev–Trinajstić information content (AvgIpc) is 2.73. The van der Waals surface area contributed by atoms with E-state index in [0.717, 1.165) is 17.6 Å². The van der Waals surface area contributed by atoms with Gasteiger partial charge in [0.2, 0.25) is 0 Å². The molecule has 2 unspecified atom stereocenters. The molecule has 162 valence electrons. The molecule has 0 saturated carbocycles. The van der Waals surface area contributed by atoms with Crippen molar-refractivity contribution in [1.82, 2.24) is 0 Å². The quantitative estimate of drug-likeness (QED) is 0.431. The highest BCUT2D eigenvalue weighted by Gasteiger charge is 2.34. The van der Waals surface area contributed by atoms with E-state index in [4.69, 9.17) is 4.74 Å². The Morgan fingerprint density at radius 3 is 1.87 bits per heavy atom. The van der Waals surface area contributed by atoms with Crippen LogP contribution in [0.2, 0.25) is 0 Å². The molecule has 2 aromatic rings. The summed E-state index contributed by atoms with van der Waals surface area (Å²) in [5, 5.41) is 0. The van der Waals surface area contributed by atoms with Gasteiger partial charge in [-0.25, -0.2) is 0 Å². The molecule has 4 heteroatoms. The molecule has 2 rings (SSSR count). The zero-order valence-electron chi connectivity index (χ0n) is 18.8. The van der Waals surface area contributed by atoms with Gasteiger partial charge in [-0.1, -0.05) is 73.2 Å². The summed E-state index contributed by atoms with van der Waals surface area (Å²) in [7, 11) is 2.85. The van der Waals surface area contributed by atoms with Crippen LogP contribution in [0.15, 0.2) is 72.8 Å². The van der Waals surface area contributed by atoms with Crippen LogP contribution >= 0.6 is 0 Å². The minimum absolute atomic E-state index is 0.0626. The third-order valence-corrected chi connectivity index (χ3v) is 4.80. The van der Waals surface area contributed by atoms with Gasteiger partial charge in [-0.3, -0.25) is 9.59 Å². The largest absolute Gasteiger partial charge is 0.469 e. The number of hydrogen-bond acceptors (Lipinski definition) is 4. The molecule has 0 aliphatic rings. The summed E-state index contributed by atoms with van der Waals surface area (Å²) >= 11 is 0. The Balaban J connectivity index is 0.000000311. The maximum Gasteiger partial charge on any atom is 0.312 e. The van der Waals surface area contributed by atoms with E-state index in [1.54, 1.807) is 0 Å². The van der Waals surface area contributed by atoms with Crippen LogP contribution in [0.5, 0.6) is 0 Å². The van der Waals surface area contributed by atoms with E-state index in [1.807, 2.05) is 81.4 Å². The van der Waals surface area contributed by atoms with Crippen LogP contribution in [-0.4, -0.2) is 26.2 Å². The monoisotopic (exact) mass is 410 g/mol. The lowest BCUT2D eigenvalue weighted by molar-refractivity contribution is -0.151. The van der Waals surface area contributed by atoms with Crippen LogP contribution in [0.4, 0.5) is 0 Å². The van der Waals surface area contributed by atoms with Gasteiger partial charge in [-0.05, 0) is 44.2 Å². The summed E-state index contributed by atoms with van der Waals surface area (Å²) in [5.74, 6) is -0.388. The minimum atomic E-state index is -0.526. The number of hydrogen-bond donors (Lipinski definition) is 0. The molecule has 0 spiro atoms. The second-order valence-electron chi connectivity index (χ2n) is 7.96. The first-order valence-electron chi connectivity index (χ1n) is 10.1. The van der Waals surface area contributed by atoms with E-state index >= 15 is 0 Å². The Labute approximate surface area is 180 Å². The fourth-order valence-corrected chi connectivity index (χ4v) is 3.42. The van der Waals surface area contributed by atoms with Gasteiger partial charge >= 0.3 is 11.9 Å². The summed E-state index contributed by atoms with van der Waals surface area (Å²) in [4.78, 5) is 23.0. The van der Waals surface area contributed by atoms with Crippen LogP contribution in [0.25, 0.3) is 0 Å². The predicted octanol–water partition coefficient (Wildman–Crippen LogP) is 5.41. The van der Waals surface area contributed by atoms with E-state index < -0.39 is 5.41 Å². The normalized spacial score (nSPS) is 13.1. The lowest BCUT2D eigenvalue weighted by atomic mass is 9.78. The van der Waals surface area contributed by atoms with E-state index in [-0.39, 0.29) is 17.9 Å². The van der Waals surface area contributed by atoms with E-state index in [2.05, 4.69) is 11.3 Å². The van der Waals surface area contributed by atoms with Crippen LogP contribution in [-0.2, 0) is 31.9 Å². The lowest BCUT2D eigenvalue weighted by Crippen LogP contribution is -2.31. The fraction of sp³-hybridized carbons (Fsp3) is 0.385. The summed E-state index contributed by atoms with van der Waals surface area (Å²) in [5.41, 5.74) is 2.78. The summed E-state index contributed by atoms with van der Waals surface area (Å²) in [6.45, 7) is 9.63. The van der Waals surface area contributed by atoms with Gasteiger partial charge in [-0.15, -0.1) is 6.58 Å².